The van der Waals surface area contributed by atoms with E-state index in [-0.39, 0.29) is 34.5 Å². The molecule has 1 N–H and O–H groups in total. The molecule has 154 valence electrons. The van der Waals surface area contributed by atoms with Crippen LogP contribution in [0.3, 0.4) is 0 Å². The van der Waals surface area contributed by atoms with Gasteiger partial charge in [0.05, 0.1) is 12.1 Å². The quantitative estimate of drug-likeness (QED) is 0.455. The lowest BCUT2D eigenvalue weighted by Gasteiger charge is -2.11. The van der Waals surface area contributed by atoms with Crippen molar-refractivity contribution in [2.75, 3.05) is 5.32 Å². The molecule has 0 fully saturated rings. The number of carbonyl (C=O) groups excluding carboxylic acids is 1. The van der Waals surface area contributed by atoms with Crippen LogP contribution in [-0.4, -0.2) is 15.7 Å². The van der Waals surface area contributed by atoms with Gasteiger partial charge in [-0.3, -0.25) is 4.79 Å². The van der Waals surface area contributed by atoms with Gasteiger partial charge in [-0.05, 0) is 51.6 Å². The van der Waals surface area contributed by atoms with Crippen molar-refractivity contribution in [2.24, 2.45) is 0 Å². The molecule has 0 aliphatic rings. The molecular weight excluding hydrogens is 488 g/mol. The summed E-state index contributed by atoms with van der Waals surface area (Å²) in [5, 5.41) is 7.43. The van der Waals surface area contributed by atoms with E-state index >= 15 is 0 Å². The number of nitrogens with zero attached hydrogens (tertiary/aromatic N) is 2. The van der Waals surface area contributed by atoms with Crippen molar-refractivity contribution in [1.29, 1.82) is 0 Å². The van der Waals surface area contributed by atoms with Gasteiger partial charge in [-0.2, -0.15) is 31.4 Å². The smallest absolute Gasteiger partial charge is 0.326 e. The summed E-state index contributed by atoms with van der Waals surface area (Å²) in [6.45, 7) is 0. The molecular formula is C17H10BrF6N3OS. The van der Waals surface area contributed by atoms with Crippen molar-refractivity contribution in [3.05, 3.63) is 62.5 Å². The van der Waals surface area contributed by atoms with E-state index < -0.39 is 23.7 Å². The summed E-state index contributed by atoms with van der Waals surface area (Å²) >= 11 is 4.68. The van der Waals surface area contributed by atoms with E-state index in [0.717, 1.165) is 21.5 Å². The average molecular weight is 498 g/mol. The van der Waals surface area contributed by atoms with Crippen LogP contribution in [-0.2, 0) is 23.6 Å². The Labute approximate surface area is 172 Å². The molecule has 0 unspecified atom stereocenters. The Kier molecular flexibility index (Phi) is 5.77. The van der Waals surface area contributed by atoms with E-state index in [4.69, 9.17) is 0 Å². The van der Waals surface area contributed by atoms with Crippen LogP contribution in [0.15, 0.2) is 46.3 Å². The molecule has 0 spiro atoms. The molecule has 12 heteroatoms. The molecule has 4 nitrogen and oxygen atoms in total. The minimum atomic E-state index is -5.03. The molecule has 0 atom stereocenters. The van der Waals surface area contributed by atoms with Crippen molar-refractivity contribution in [3.63, 3.8) is 0 Å². The standard InChI is InChI=1S/C17H10BrF6N3OS/c18-11-5-6-29-12(11)7-15(28)25-9-1-3-10(4-2-9)27-14(17(22,23)24)8-13(26-27)16(19,20)21/h1-6,8H,7H2,(H,25,28). The number of amides is 1. The zero-order chi connectivity index (χ0) is 21.4. The SMILES string of the molecule is O=C(Cc1sccc1Br)Nc1ccc(-n2nc(C(F)(F)F)cc2C(F)(F)F)cc1. The molecule has 29 heavy (non-hydrogen) atoms. The Morgan fingerprint density at radius 3 is 2.24 bits per heavy atom. The highest BCUT2D eigenvalue weighted by molar-refractivity contribution is 9.10. The number of halogens is 7. The summed E-state index contributed by atoms with van der Waals surface area (Å²) in [5.41, 5.74) is -3.15. The number of thiophene rings is 1. The number of nitrogens with one attached hydrogen (secondary N) is 1. The maximum Gasteiger partial charge on any atom is 0.435 e. The van der Waals surface area contributed by atoms with Crippen LogP contribution in [0.1, 0.15) is 16.3 Å². The first-order valence-corrected chi connectivity index (χ1v) is 9.49. The van der Waals surface area contributed by atoms with E-state index in [0.29, 0.717) is 0 Å². The second kappa shape index (κ2) is 7.82. The number of aromatic nitrogens is 2. The van der Waals surface area contributed by atoms with Crippen LogP contribution in [0.4, 0.5) is 32.0 Å². The van der Waals surface area contributed by atoms with E-state index in [9.17, 15) is 31.1 Å². The van der Waals surface area contributed by atoms with Gasteiger partial charge in [0.25, 0.3) is 0 Å². The lowest BCUT2D eigenvalue weighted by Crippen LogP contribution is -2.15. The largest absolute Gasteiger partial charge is 0.435 e. The van der Waals surface area contributed by atoms with E-state index in [1.807, 2.05) is 0 Å². The average Bonchev–Trinajstić information content (AvgIpc) is 3.22. The molecule has 0 saturated heterocycles. The van der Waals surface area contributed by atoms with Gasteiger partial charge in [-0.25, -0.2) is 4.68 Å². The van der Waals surface area contributed by atoms with Crippen LogP contribution in [0.5, 0.6) is 0 Å². The summed E-state index contributed by atoms with van der Waals surface area (Å²) in [4.78, 5) is 12.9. The summed E-state index contributed by atoms with van der Waals surface area (Å²) in [6.07, 6.45) is -9.96. The zero-order valence-corrected chi connectivity index (χ0v) is 16.5. The van der Waals surface area contributed by atoms with Gasteiger partial charge in [-0.15, -0.1) is 11.3 Å². The molecule has 1 amide bonds. The van der Waals surface area contributed by atoms with E-state index in [1.54, 1.807) is 11.4 Å². The molecule has 2 aromatic heterocycles. The number of hydrogen-bond donors (Lipinski definition) is 1. The second-order valence-corrected chi connectivity index (χ2v) is 7.64. The third kappa shape index (κ3) is 4.99. The fourth-order valence-electron chi connectivity index (χ4n) is 2.41. The molecule has 0 aliphatic carbocycles. The van der Waals surface area contributed by atoms with Crippen LogP contribution in [0.25, 0.3) is 5.69 Å². The van der Waals surface area contributed by atoms with Crippen molar-refractivity contribution in [2.45, 2.75) is 18.8 Å². The van der Waals surface area contributed by atoms with Gasteiger partial charge < -0.3 is 5.32 Å². The minimum Gasteiger partial charge on any atom is -0.326 e. The Hall–Kier alpha value is -2.34. The highest BCUT2D eigenvalue weighted by atomic mass is 79.9. The molecule has 1 aromatic carbocycles. The lowest BCUT2D eigenvalue weighted by atomic mass is 10.2. The number of carbonyl (C=O) groups is 1. The molecule has 3 aromatic rings. The third-order valence-electron chi connectivity index (χ3n) is 3.70. The predicted molar refractivity (Wildman–Crippen MR) is 97.9 cm³/mol. The van der Waals surface area contributed by atoms with Gasteiger partial charge in [0.1, 0.15) is 5.69 Å². The first-order chi connectivity index (χ1) is 13.4. The van der Waals surface area contributed by atoms with Crippen molar-refractivity contribution < 1.29 is 31.1 Å². The number of anilines is 1. The molecule has 0 radical (unpaired) electrons. The summed E-state index contributed by atoms with van der Waals surface area (Å²) in [5.74, 6) is -0.352. The monoisotopic (exact) mass is 497 g/mol. The number of rotatable bonds is 4. The molecule has 0 bridgehead atoms. The second-order valence-electron chi connectivity index (χ2n) is 5.79. The maximum atomic E-state index is 13.1. The normalized spacial score (nSPS) is 12.2. The molecule has 3 rings (SSSR count). The molecule has 0 aliphatic heterocycles. The topological polar surface area (TPSA) is 46.9 Å². The Morgan fingerprint density at radius 2 is 1.72 bits per heavy atom. The van der Waals surface area contributed by atoms with Crippen molar-refractivity contribution in [3.8, 4) is 5.69 Å². The summed E-state index contributed by atoms with van der Waals surface area (Å²) < 4.78 is 78.6. The molecule has 2 heterocycles. The maximum absolute atomic E-state index is 13.1. The fraction of sp³-hybridized carbons (Fsp3) is 0.176. The van der Waals surface area contributed by atoms with E-state index in [1.165, 1.54) is 23.5 Å². The van der Waals surface area contributed by atoms with Gasteiger partial charge in [0.15, 0.2) is 5.69 Å². The van der Waals surface area contributed by atoms with Gasteiger partial charge >= 0.3 is 12.4 Å². The van der Waals surface area contributed by atoms with Gasteiger partial charge in [0, 0.05) is 21.1 Å². The Balaban J connectivity index is 1.82. The van der Waals surface area contributed by atoms with Crippen LogP contribution in [0, 0.1) is 0 Å². The fourth-order valence-corrected chi connectivity index (χ4v) is 3.90. The van der Waals surface area contributed by atoms with Crippen molar-refractivity contribution >= 4 is 38.9 Å². The van der Waals surface area contributed by atoms with Crippen molar-refractivity contribution in [1.82, 2.24) is 9.78 Å². The van der Waals surface area contributed by atoms with E-state index in [2.05, 4.69) is 26.3 Å². The highest BCUT2D eigenvalue weighted by Gasteiger charge is 2.42. The minimum absolute atomic E-state index is 0.0470. The summed E-state index contributed by atoms with van der Waals surface area (Å²) in [7, 11) is 0. The zero-order valence-electron chi connectivity index (χ0n) is 14.1. The first-order valence-electron chi connectivity index (χ1n) is 7.82. The van der Waals surface area contributed by atoms with Crippen LogP contribution >= 0.6 is 27.3 Å². The van der Waals surface area contributed by atoms with Gasteiger partial charge in [-0.1, -0.05) is 0 Å². The van der Waals surface area contributed by atoms with Crippen LogP contribution < -0.4 is 5.32 Å². The van der Waals surface area contributed by atoms with Gasteiger partial charge in [0.2, 0.25) is 5.91 Å². The first kappa shape index (κ1) is 21.4. The number of alkyl halides is 6. The predicted octanol–water partition coefficient (Wildman–Crippen LogP) is 5.92. The lowest BCUT2D eigenvalue weighted by molar-refractivity contribution is -0.143. The number of benzene rings is 1. The number of hydrogen-bond acceptors (Lipinski definition) is 3. The van der Waals surface area contributed by atoms with Crippen LogP contribution in [0.2, 0.25) is 0 Å². The summed E-state index contributed by atoms with van der Waals surface area (Å²) in [6, 6.07) is 6.59. The highest BCUT2D eigenvalue weighted by Crippen LogP contribution is 2.36. The third-order valence-corrected chi connectivity index (χ3v) is 5.62. The Bertz CT molecular complexity index is 1020. The molecule has 0 saturated carbocycles. The Morgan fingerprint density at radius 1 is 1.07 bits per heavy atom.